The van der Waals surface area contributed by atoms with Gasteiger partial charge in [0, 0.05) is 24.5 Å². The van der Waals surface area contributed by atoms with E-state index in [1.807, 2.05) is 37.3 Å². The Hall–Kier alpha value is -3.43. The van der Waals surface area contributed by atoms with Crippen molar-refractivity contribution in [3.63, 3.8) is 0 Å². The number of carbonyl (C=O) groups is 3. The van der Waals surface area contributed by atoms with Crippen molar-refractivity contribution in [1.29, 1.82) is 0 Å². The Labute approximate surface area is 235 Å². The van der Waals surface area contributed by atoms with Crippen molar-refractivity contribution in [2.45, 2.75) is 69.1 Å². The van der Waals surface area contributed by atoms with Crippen LogP contribution in [0.3, 0.4) is 0 Å². The molecular weight excluding hydrogens is 510 g/mol. The number of rotatable bonds is 12. The molecule has 3 N–H and O–H groups in total. The first-order valence-corrected chi connectivity index (χ1v) is 14.3. The Morgan fingerprint density at radius 3 is 2.33 bits per heavy atom. The van der Waals surface area contributed by atoms with E-state index in [0.29, 0.717) is 55.8 Å². The number of fused-ring (bicyclic) bond motifs is 1. The fourth-order valence-corrected chi connectivity index (χ4v) is 7.03. The first-order chi connectivity index (χ1) is 19.4. The molecule has 2 bridgehead atoms. The SMILES string of the molecule is CC[C@@]12CCC3(O1)C(C(=O)Nc1ccc(OC)cc1)N(CCCCCCO)C(=O)[C@@H]3[C@@H]2C(=O)Nc1ccccc1. The lowest BCUT2D eigenvalue weighted by atomic mass is 9.65. The molecule has 9 nitrogen and oxygen atoms in total. The number of amides is 3. The van der Waals surface area contributed by atoms with E-state index < -0.39 is 29.1 Å². The highest BCUT2D eigenvalue weighted by Gasteiger charge is 2.78. The van der Waals surface area contributed by atoms with Crippen molar-refractivity contribution in [3.8, 4) is 5.75 Å². The molecular formula is C31H39N3O6. The molecule has 3 saturated heterocycles. The van der Waals surface area contributed by atoms with E-state index in [0.717, 1.165) is 12.8 Å². The zero-order valence-corrected chi connectivity index (χ0v) is 23.2. The van der Waals surface area contributed by atoms with Gasteiger partial charge < -0.3 is 30.1 Å². The minimum Gasteiger partial charge on any atom is -0.497 e. The van der Waals surface area contributed by atoms with Crippen molar-refractivity contribution in [2.24, 2.45) is 11.8 Å². The number of ether oxygens (including phenoxy) is 2. The van der Waals surface area contributed by atoms with Crippen molar-refractivity contribution in [3.05, 3.63) is 54.6 Å². The maximum Gasteiger partial charge on any atom is 0.250 e. The van der Waals surface area contributed by atoms with Crippen LogP contribution in [0.1, 0.15) is 51.9 Å². The van der Waals surface area contributed by atoms with Crippen LogP contribution in [-0.2, 0) is 19.1 Å². The lowest BCUT2D eigenvalue weighted by Crippen LogP contribution is -2.53. The van der Waals surface area contributed by atoms with E-state index in [4.69, 9.17) is 14.6 Å². The third-order valence-electron chi connectivity index (χ3n) is 8.92. The highest BCUT2D eigenvalue weighted by Crippen LogP contribution is 2.64. The van der Waals surface area contributed by atoms with Crippen molar-refractivity contribution >= 4 is 29.1 Å². The fourth-order valence-electron chi connectivity index (χ4n) is 7.03. The second-order valence-corrected chi connectivity index (χ2v) is 11.1. The van der Waals surface area contributed by atoms with Crippen LogP contribution in [0.4, 0.5) is 11.4 Å². The topological polar surface area (TPSA) is 117 Å². The number of hydrogen-bond donors (Lipinski definition) is 3. The van der Waals surface area contributed by atoms with Gasteiger partial charge in [0.15, 0.2) is 0 Å². The molecule has 40 heavy (non-hydrogen) atoms. The van der Waals surface area contributed by atoms with E-state index in [1.54, 1.807) is 36.3 Å². The average molecular weight is 550 g/mol. The molecule has 5 rings (SSSR count). The Kier molecular flexibility index (Phi) is 8.14. The zero-order chi connectivity index (χ0) is 28.3. The van der Waals surface area contributed by atoms with Gasteiger partial charge in [0.25, 0.3) is 0 Å². The van der Waals surface area contributed by atoms with Crippen molar-refractivity contribution in [2.75, 3.05) is 30.9 Å². The summed E-state index contributed by atoms with van der Waals surface area (Å²) in [7, 11) is 1.58. The number of likely N-dealkylation sites (tertiary alicyclic amines) is 1. The van der Waals surface area contributed by atoms with Gasteiger partial charge in [-0.1, -0.05) is 38.0 Å². The van der Waals surface area contributed by atoms with Crippen LogP contribution in [0.15, 0.2) is 54.6 Å². The van der Waals surface area contributed by atoms with E-state index in [2.05, 4.69) is 10.6 Å². The minimum atomic E-state index is -1.08. The van der Waals surface area contributed by atoms with Crippen molar-refractivity contribution in [1.82, 2.24) is 4.90 Å². The van der Waals surface area contributed by atoms with E-state index in [9.17, 15) is 14.4 Å². The second kappa shape index (κ2) is 11.6. The van der Waals surface area contributed by atoms with Crippen LogP contribution in [0.25, 0.3) is 0 Å². The summed E-state index contributed by atoms with van der Waals surface area (Å²) in [6.45, 7) is 2.50. The number of anilines is 2. The molecule has 214 valence electrons. The smallest absolute Gasteiger partial charge is 0.250 e. The Morgan fingerprint density at radius 1 is 0.975 bits per heavy atom. The van der Waals surface area contributed by atoms with Crippen LogP contribution in [-0.4, -0.2) is 65.2 Å². The summed E-state index contributed by atoms with van der Waals surface area (Å²) in [6, 6.07) is 15.4. The summed E-state index contributed by atoms with van der Waals surface area (Å²) in [5.41, 5.74) is -0.619. The highest BCUT2D eigenvalue weighted by atomic mass is 16.5. The lowest BCUT2D eigenvalue weighted by Gasteiger charge is -2.34. The second-order valence-electron chi connectivity index (χ2n) is 11.1. The molecule has 0 saturated carbocycles. The third kappa shape index (κ3) is 4.86. The van der Waals surface area contributed by atoms with E-state index in [-0.39, 0.29) is 24.3 Å². The number of nitrogens with one attached hydrogen (secondary N) is 2. The Morgan fingerprint density at radius 2 is 1.65 bits per heavy atom. The summed E-state index contributed by atoms with van der Waals surface area (Å²) in [5.74, 6) is -1.52. The summed E-state index contributed by atoms with van der Waals surface area (Å²) in [6.07, 6.45) is 4.77. The molecule has 3 amide bonds. The maximum atomic E-state index is 14.2. The molecule has 3 aliphatic rings. The normalized spacial score (nSPS) is 28.4. The number of aliphatic hydroxyl groups excluding tert-OH is 1. The third-order valence-corrected chi connectivity index (χ3v) is 8.92. The molecule has 5 atom stereocenters. The summed E-state index contributed by atoms with van der Waals surface area (Å²) in [5, 5.41) is 15.1. The summed E-state index contributed by atoms with van der Waals surface area (Å²) >= 11 is 0. The molecule has 3 heterocycles. The molecule has 0 aromatic heterocycles. The first kappa shape index (κ1) is 28.1. The van der Waals surface area contributed by atoms with E-state index >= 15 is 0 Å². The molecule has 9 heteroatoms. The number of methoxy groups -OCH3 is 1. The first-order valence-electron chi connectivity index (χ1n) is 14.3. The number of benzene rings is 2. The van der Waals surface area contributed by atoms with Gasteiger partial charge in [-0.25, -0.2) is 0 Å². The zero-order valence-electron chi connectivity index (χ0n) is 23.2. The van der Waals surface area contributed by atoms with Gasteiger partial charge in [-0.2, -0.15) is 0 Å². The average Bonchev–Trinajstić information content (AvgIpc) is 3.57. The summed E-state index contributed by atoms with van der Waals surface area (Å²) < 4.78 is 12.0. The van der Waals surface area contributed by atoms with Gasteiger partial charge in [-0.15, -0.1) is 0 Å². The van der Waals surface area contributed by atoms with Crippen LogP contribution < -0.4 is 15.4 Å². The maximum absolute atomic E-state index is 14.2. The monoisotopic (exact) mass is 549 g/mol. The van der Waals surface area contributed by atoms with Crippen molar-refractivity contribution < 1.29 is 29.0 Å². The largest absolute Gasteiger partial charge is 0.497 e. The Balaban J connectivity index is 1.46. The Bertz CT molecular complexity index is 1220. The van der Waals surface area contributed by atoms with Crippen LogP contribution >= 0.6 is 0 Å². The number of aliphatic hydroxyl groups is 1. The number of para-hydroxylation sites is 1. The molecule has 0 radical (unpaired) electrons. The van der Waals surface area contributed by atoms with Crippen LogP contribution in [0.5, 0.6) is 5.75 Å². The number of hydrogen-bond acceptors (Lipinski definition) is 6. The molecule has 3 fully saturated rings. The molecule has 3 aliphatic heterocycles. The van der Waals surface area contributed by atoms with Gasteiger partial charge >= 0.3 is 0 Å². The number of carbonyl (C=O) groups excluding carboxylic acids is 3. The molecule has 1 spiro atoms. The number of unbranched alkanes of at least 4 members (excludes halogenated alkanes) is 3. The highest BCUT2D eigenvalue weighted by molar-refractivity contribution is 6.05. The van der Waals surface area contributed by atoms with Gasteiger partial charge in [0.2, 0.25) is 17.7 Å². The predicted octanol–water partition coefficient (Wildman–Crippen LogP) is 3.98. The molecule has 2 unspecified atom stereocenters. The summed E-state index contributed by atoms with van der Waals surface area (Å²) in [4.78, 5) is 43.7. The van der Waals surface area contributed by atoms with Gasteiger partial charge in [0.05, 0.1) is 24.5 Å². The predicted molar refractivity (Wildman–Crippen MR) is 151 cm³/mol. The minimum absolute atomic E-state index is 0.131. The van der Waals surface area contributed by atoms with E-state index in [1.165, 1.54) is 0 Å². The van der Waals surface area contributed by atoms with Gasteiger partial charge in [-0.05, 0) is 68.5 Å². The molecule has 2 aromatic rings. The van der Waals surface area contributed by atoms with Gasteiger partial charge in [-0.3, -0.25) is 14.4 Å². The van der Waals surface area contributed by atoms with Crippen LogP contribution in [0, 0.1) is 11.8 Å². The fraction of sp³-hybridized carbons (Fsp3) is 0.516. The van der Waals surface area contributed by atoms with Gasteiger partial charge in [0.1, 0.15) is 17.4 Å². The lowest BCUT2D eigenvalue weighted by molar-refractivity contribution is -0.144. The number of nitrogens with zero attached hydrogens (tertiary/aromatic N) is 1. The van der Waals surface area contributed by atoms with Crippen LogP contribution in [0.2, 0.25) is 0 Å². The molecule has 2 aromatic carbocycles. The molecule has 0 aliphatic carbocycles. The standard InChI is InChI=1S/C31H39N3O6/c1-3-30-17-18-31(40-30)25(24(30)27(36)32-21-11-7-6-8-12-21)29(38)34(19-9-4-5-10-20-35)26(31)28(37)33-22-13-15-23(39-2)16-14-22/h6-8,11-16,24-26,35H,3-5,9-10,17-20H2,1-2H3,(H,32,36)(H,33,37)/t24-,25+,26?,30+,31?/m1/s1. The quantitative estimate of drug-likeness (QED) is 0.345.